The Labute approximate surface area is 138 Å². The average molecular weight is 308 g/mol. The van der Waals surface area contributed by atoms with Gasteiger partial charge in [-0.15, -0.1) is 0 Å². The molecule has 0 saturated carbocycles. The van der Waals surface area contributed by atoms with Crippen molar-refractivity contribution in [3.05, 3.63) is 71.8 Å². The fraction of sp³-hybridized carbons (Fsp3) is 0.350. The molecule has 1 saturated heterocycles. The maximum absolute atomic E-state index is 12.5. The van der Waals surface area contributed by atoms with Gasteiger partial charge in [-0.3, -0.25) is 9.69 Å². The van der Waals surface area contributed by atoms with Gasteiger partial charge in [-0.25, -0.2) is 0 Å². The molecule has 2 aromatic rings. The van der Waals surface area contributed by atoms with Gasteiger partial charge in [-0.1, -0.05) is 48.5 Å². The zero-order valence-corrected chi connectivity index (χ0v) is 13.7. The van der Waals surface area contributed by atoms with Gasteiger partial charge < -0.3 is 4.90 Å². The van der Waals surface area contributed by atoms with Crippen LogP contribution in [0.4, 0.5) is 0 Å². The molecule has 0 bridgehead atoms. The monoisotopic (exact) mass is 308 g/mol. The molecule has 120 valence electrons. The maximum Gasteiger partial charge on any atom is 0.253 e. The van der Waals surface area contributed by atoms with Crippen LogP contribution in [0.25, 0.3) is 0 Å². The molecule has 3 nitrogen and oxygen atoms in total. The molecule has 1 amide bonds. The van der Waals surface area contributed by atoms with Gasteiger partial charge in [0.1, 0.15) is 0 Å². The Bertz CT molecular complexity index is 619. The van der Waals surface area contributed by atoms with Crippen molar-refractivity contribution in [1.29, 1.82) is 0 Å². The lowest BCUT2D eigenvalue weighted by Crippen LogP contribution is -2.45. The molecule has 0 radical (unpaired) electrons. The molecule has 2 aromatic carbocycles. The fourth-order valence-corrected chi connectivity index (χ4v) is 3.26. The van der Waals surface area contributed by atoms with E-state index in [1.54, 1.807) is 0 Å². The van der Waals surface area contributed by atoms with Crippen LogP contribution in [0.3, 0.4) is 0 Å². The highest BCUT2D eigenvalue weighted by molar-refractivity contribution is 5.94. The number of nitrogens with zero attached hydrogens (tertiary/aromatic N) is 2. The van der Waals surface area contributed by atoms with Crippen LogP contribution in [0.2, 0.25) is 0 Å². The van der Waals surface area contributed by atoms with Crippen molar-refractivity contribution >= 4 is 5.91 Å². The lowest BCUT2D eigenvalue weighted by atomic mass is 10.0. The van der Waals surface area contributed by atoms with E-state index in [0.29, 0.717) is 6.04 Å². The van der Waals surface area contributed by atoms with Gasteiger partial charge in [0.25, 0.3) is 5.91 Å². The Hall–Kier alpha value is -2.13. The van der Waals surface area contributed by atoms with Crippen LogP contribution in [0.15, 0.2) is 60.7 Å². The summed E-state index contributed by atoms with van der Waals surface area (Å²) < 4.78 is 0. The fourth-order valence-electron chi connectivity index (χ4n) is 3.26. The molecular formula is C20H24N2O. The minimum absolute atomic E-state index is 0.132. The largest absolute Gasteiger partial charge is 0.339 e. The van der Waals surface area contributed by atoms with Crippen molar-refractivity contribution < 1.29 is 4.79 Å². The lowest BCUT2D eigenvalue weighted by Gasteiger charge is -2.36. The highest BCUT2D eigenvalue weighted by Crippen LogP contribution is 2.19. The maximum atomic E-state index is 12.5. The summed E-state index contributed by atoms with van der Waals surface area (Å²) in [7, 11) is 1.94. The summed E-state index contributed by atoms with van der Waals surface area (Å²) in [4.78, 5) is 16.9. The minimum atomic E-state index is 0.132. The Morgan fingerprint density at radius 3 is 2.17 bits per heavy atom. The van der Waals surface area contributed by atoms with Crippen LogP contribution < -0.4 is 0 Å². The Morgan fingerprint density at radius 1 is 1.00 bits per heavy atom. The van der Waals surface area contributed by atoms with Crippen LogP contribution in [0, 0.1) is 0 Å². The molecule has 0 N–H and O–H groups in total. The molecule has 0 atom stereocenters. The standard InChI is InChI=1S/C20H24N2O/c1-21(20(23)18-10-6-3-7-11-18)19-12-14-22(15-13-19)16-17-8-4-2-5-9-17/h2-11,19H,12-16H2,1H3. The third-order valence-corrected chi connectivity index (χ3v) is 4.69. The summed E-state index contributed by atoms with van der Waals surface area (Å²) >= 11 is 0. The van der Waals surface area contributed by atoms with Crippen molar-refractivity contribution in [1.82, 2.24) is 9.80 Å². The van der Waals surface area contributed by atoms with Crippen LogP contribution in [0.5, 0.6) is 0 Å². The van der Waals surface area contributed by atoms with Gasteiger partial charge in [0.15, 0.2) is 0 Å². The van der Waals surface area contributed by atoms with Gasteiger partial charge in [-0.05, 0) is 30.5 Å². The van der Waals surface area contributed by atoms with E-state index in [-0.39, 0.29) is 5.91 Å². The summed E-state index contributed by atoms with van der Waals surface area (Å²) in [5, 5.41) is 0. The topological polar surface area (TPSA) is 23.6 Å². The van der Waals surface area contributed by atoms with E-state index in [1.165, 1.54) is 5.56 Å². The van der Waals surface area contributed by atoms with Crippen LogP contribution in [0.1, 0.15) is 28.8 Å². The van der Waals surface area contributed by atoms with Crippen LogP contribution in [-0.2, 0) is 6.54 Å². The van der Waals surface area contributed by atoms with Gasteiger partial charge in [0.2, 0.25) is 0 Å². The summed E-state index contributed by atoms with van der Waals surface area (Å²) in [6, 6.07) is 20.5. The number of piperidine rings is 1. The van der Waals surface area contributed by atoms with Crippen molar-refractivity contribution in [3.8, 4) is 0 Å². The molecule has 0 spiro atoms. The van der Waals surface area contributed by atoms with Crippen LogP contribution >= 0.6 is 0 Å². The van der Waals surface area contributed by atoms with Crippen molar-refractivity contribution in [2.24, 2.45) is 0 Å². The van der Waals surface area contributed by atoms with Crippen molar-refractivity contribution in [2.75, 3.05) is 20.1 Å². The molecule has 1 fully saturated rings. The summed E-state index contributed by atoms with van der Waals surface area (Å²) in [5.74, 6) is 0.132. The van der Waals surface area contributed by atoms with E-state index in [2.05, 4.69) is 35.2 Å². The molecule has 0 aromatic heterocycles. The second kappa shape index (κ2) is 7.42. The second-order valence-electron chi connectivity index (χ2n) is 6.28. The second-order valence-corrected chi connectivity index (χ2v) is 6.28. The first-order valence-corrected chi connectivity index (χ1v) is 8.32. The van der Waals surface area contributed by atoms with E-state index in [9.17, 15) is 4.79 Å². The minimum Gasteiger partial charge on any atom is -0.339 e. The van der Waals surface area contributed by atoms with Gasteiger partial charge in [0, 0.05) is 38.3 Å². The molecule has 1 aliphatic heterocycles. The Balaban J connectivity index is 1.53. The van der Waals surface area contributed by atoms with Crippen molar-refractivity contribution in [2.45, 2.75) is 25.4 Å². The first-order chi connectivity index (χ1) is 11.2. The third kappa shape index (κ3) is 3.99. The van der Waals surface area contributed by atoms with E-state index < -0.39 is 0 Å². The quantitative estimate of drug-likeness (QED) is 0.864. The van der Waals surface area contributed by atoms with E-state index >= 15 is 0 Å². The van der Waals surface area contributed by atoms with E-state index in [0.717, 1.165) is 38.0 Å². The first kappa shape index (κ1) is 15.8. The molecule has 0 unspecified atom stereocenters. The zero-order valence-electron chi connectivity index (χ0n) is 13.7. The van der Waals surface area contributed by atoms with E-state index in [1.807, 2.05) is 42.3 Å². The van der Waals surface area contributed by atoms with Gasteiger partial charge in [0.05, 0.1) is 0 Å². The summed E-state index contributed by atoms with van der Waals surface area (Å²) in [6.45, 7) is 3.10. The number of carbonyl (C=O) groups excluding carboxylic acids is 1. The molecule has 1 aliphatic rings. The van der Waals surface area contributed by atoms with E-state index in [4.69, 9.17) is 0 Å². The number of likely N-dealkylation sites (tertiary alicyclic amines) is 1. The highest BCUT2D eigenvalue weighted by Gasteiger charge is 2.25. The molecule has 3 heteroatoms. The number of hydrogen-bond acceptors (Lipinski definition) is 2. The van der Waals surface area contributed by atoms with Gasteiger partial charge >= 0.3 is 0 Å². The Morgan fingerprint density at radius 2 is 1.57 bits per heavy atom. The molecule has 0 aliphatic carbocycles. The van der Waals surface area contributed by atoms with Crippen molar-refractivity contribution in [3.63, 3.8) is 0 Å². The van der Waals surface area contributed by atoms with Crippen LogP contribution in [-0.4, -0.2) is 41.9 Å². The molecular weight excluding hydrogens is 284 g/mol. The molecule has 23 heavy (non-hydrogen) atoms. The third-order valence-electron chi connectivity index (χ3n) is 4.69. The normalized spacial score (nSPS) is 16.2. The number of carbonyl (C=O) groups is 1. The summed E-state index contributed by atoms with van der Waals surface area (Å²) in [6.07, 6.45) is 2.09. The number of rotatable bonds is 4. The smallest absolute Gasteiger partial charge is 0.253 e. The molecule has 3 rings (SSSR count). The SMILES string of the molecule is CN(C(=O)c1ccccc1)C1CCN(Cc2ccccc2)CC1. The predicted octanol–water partition coefficient (Wildman–Crippen LogP) is 3.42. The highest BCUT2D eigenvalue weighted by atomic mass is 16.2. The Kier molecular flexibility index (Phi) is 5.09. The number of hydrogen-bond donors (Lipinski definition) is 0. The summed E-state index contributed by atoms with van der Waals surface area (Å²) in [5.41, 5.74) is 2.14. The average Bonchev–Trinajstić information content (AvgIpc) is 2.63. The zero-order chi connectivity index (χ0) is 16.1. The molecule has 1 heterocycles. The number of benzene rings is 2. The van der Waals surface area contributed by atoms with Gasteiger partial charge in [-0.2, -0.15) is 0 Å². The number of amides is 1. The lowest BCUT2D eigenvalue weighted by molar-refractivity contribution is 0.0636. The predicted molar refractivity (Wildman–Crippen MR) is 93.3 cm³/mol. The first-order valence-electron chi connectivity index (χ1n) is 8.32.